The number of methoxy groups -OCH3 is 1. The number of fused-ring (bicyclic) bond motifs is 1. The third-order valence-corrected chi connectivity index (χ3v) is 4.07. The molecule has 5 nitrogen and oxygen atoms in total. The fourth-order valence-corrected chi connectivity index (χ4v) is 2.52. The number of carbonyl (C=O) groups is 1. The quantitative estimate of drug-likeness (QED) is 0.570. The van der Waals surface area contributed by atoms with E-state index in [1.807, 2.05) is 50.2 Å². The Balaban J connectivity index is 1.72. The molecule has 0 saturated carbocycles. The molecule has 3 aromatic rings. The molecule has 24 heavy (non-hydrogen) atoms. The molecule has 1 aromatic heterocycles. The average Bonchev–Trinajstić information content (AvgIpc) is 2.89. The summed E-state index contributed by atoms with van der Waals surface area (Å²) in [6, 6.07) is 13.0. The fourth-order valence-electron chi connectivity index (χ4n) is 2.52. The van der Waals surface area contributed by atoms with Crippen molar-refractivity contribution in [2.75, 3.05) is 7.11 Å². The van der Waals surface area contributed by atoms with E-state index in [1.54, 1.807) is 19.4 Å². The fraction of sp³-hybridized carbons (Fsp3) is 0.158. The van der Waals surface area contributed by atoms with Crippen molar-refractivity contribution in [3.05, 3.63) is 64.8 Å². The maximum atomic E-state index is 12.2. The van der Waals surface area contributed by atoms with Gasteiger partial charge >= 0.3 is 0 Å². The van der Waals surface area contributed by atoms with Crippen molar-refractivity contribution in [3.8, 4) is 5.75 Å². The molecule has 0 atom stereocenters. The maximum Gasteiger partial charge on any atom is 0.271 e. The highest BCUT2D eigenvalue weighted by molar-refractivity contribution is 5.99. The molecule has 0 aliphatic heterocycles. The van der Waals surface area contributed by atoms with E-state index < -0.39 is 0 Å². The van der Waals surface area contributed by atoms with Crippen LogP contribution < -0.4 is 10.2 Å². The number of nitrogens with one attached hydrogen (secondary N) is 2. The van der Waals surface area contributed by atoms with E-state index in [0.717, 1.165) is 33.5 Å². The van der Waals surface area contributed by atoms with Crippen LogP contribution in [0.3, 0.4) is 0 Å². The molecule has 2 aromatic carbocycles. The van der Waals surface area contributed by atoms with Gasteiger partial charge in [0.05, 0.1) is 13.3 Å². The summed E-state index contributed by atoms with van der Waals surface area (Å²) in [5, 5.41) is 5.06. The molecule has 122 valence electrons. The molecule has 0 radical (unpaired) electrons. The minimum absolute atomic E-state index is 0.236. The van der Waals surface area contributed by atoms with Crippen LogP contribution in [0.2, 0.25) is 0 Å². The van der Waals surface area contributed by atoms with Gasteiger partial charge < -0.3 is 9.72 Å². The number of amides is 1. The van der Waals surface area contributed by atoms with E-state index in [2.05, 4.69) is 15.5 Å². The highest BCUT2D eigenvalue weighted by Gasteiger charge is 2.09. The van der Waals surface area contributed by atoms with Gasteiger partial charge in [-0.2, -0.15) is 5.10 Å². The first kappa shape index (κ1) is 15.8. The molecular weight excluding hydrogens is 302 g/mol. The number of carbonyl (C=O) groups excluding carboxylic acids is 1. The van der Waals surface area contributed by atoms with Crippen LogP contribution in [0, 0.1) is 13.8 Å². The summed E-state index contributed by atoms with van der Waals surface area (Å²) in [5.74, 6) is 0.543. The Kier molecular flexibility index (Phi) is 4.33. The lowest BCUT2D eigenvalue weighted by molar-refractivity contribution is 0.0955. The Morgan fingerprint density at radius 3 is 2.62 bits per heavy atom. The number of hydrogen-bond donors (Lipinski definition) is 2. The van der Waals surface area contributed by atoms with Crippen molar-refractivity contribution in [2.24, 2.45) is 5.10 Å². The van der Waals surface area contributed by atoms with Crippen LogP contribution in [0.4, 0.5) is 0 Å². The van der Waals surface area contributed by atoms with Crippen LogP contribution in [0.5, 0.6) is 5.75 Å². The third-order valence-electron chi connectivity index (χ3n) is 4.07. The van der Waals surface area contributed by atoms with Gasteiger partial charge in [0.15, 0.2) is 0 Å². The predicted octanol–water partition coefficient (Wildman–Crippen LogP) is 3.56. The maximum absolute atomic E-state index is 12.2. The molecule has 0 fully saturated rings. The first-order chi connectivity index (χ1) is 11.6. The Bertz CT molecular complexity index is 908. The van der Waals surface area contributed by atoms with Gasteiger partial charge in [0.25, 0.3) is 5.91 Å². The Morgan fingerprint density at radius 2 is 1.92 bits per heavy atom. The van der Waals surface area contributed by atoms with Gasteiger partial charge in [-0.05, 0) is 67.4 Å². The van der Waals surface area contributed by atoms with Gasteiger partial charge in [0, 0.05) is 22.2 Å². The molecule has 0 aliphatic carbocycles. The lowest BCUT2D eigenvalue weighted by Crippen LogP contribution is -2.17. The van der Waals surface area contributed by atoms with Crippen LogP contribution in [-0.2, 0) is 0 Å². The topological polar surface area (TPSA) is 66.5 Å². The molecule has 0 bridgehead atoms. The first-order valence-electron chi connectivity index (χ1n) is 7.65. The summed E-state index contributed by atoms with van der Waals surface area (Å²) in [4.78, 5) is 15.5. The smallest absolute Gasteiger partial charge is 0.271 e. The summed E-state index contributed by atoms with van der Waals surface area (Å²) in [6.07, 6.45) is 1.60. The highest BCUT2D eigenvalue weighted by Crippen LogP contribution is 2.22. The van der Waals surface area contributed by atoms with Crippen molar-refractivity contribution in [3.63, 3.8) is 0 Å². The van der Waals surface area contributed by atoms with E-state index >= 15 is 0 Å². The zero-order valence-electron chi connectivity index (χ0n) is 13.9. The van der Waals surface area contributed by atoms with Crippen LogP contribution in [0.15, 0.2) is 47.6 Å². The zero-order chi connectivity index (χ0) is 17.1. The summed E-state index contributed by atoms with van der Waals surface area (Å²) >= 11 is 0. The normalized spacial score (nSPS) is 11.1. The van der Waals surface area contributed by atoms with E-state index in [9.17, 15) is 4.79 Å². The number of aromatic amines is 1. The number of ether oxygens (including phenoxy) is 1. The molecule has 0 spiro atoms. The minimum atomic E-state index is -0.236. The molecule has 0 aliphatic rings. The molecule has 2 N–H and O–H groups in total. The van der Waals surface area contributed by atoms with Gasteiger partial charge in [0.2, 0.25) is 0 Å². The SMILES string of the molecule is COc1ccc(/C=N\NC(=O)c2ccc3[nH]c(C)c(C)c3c2)cc1. The molecule has 0 saturated heterocycles. The summed E-state index contributed by atoms with van der Waals surface area (Å²) in [6.45, 7) is 4.06. The number of aromatic nitrogens is 1. The van der Waals surface area contributed by atoms with Crippen LogP contribution in [0.25, 0.3) is 10.9 Å². The molecule has 5 heteroatoms. The van der Waals surface area contributed by atoms with E-state index in [0.29, 0.717) is 5.56 Å². The van der Waals surface area contributed by atoms with Gasteiger partial charge in [0.1, 0.15) is 5.75 Å². The largest absolute Gasteiger partial charge is 0.497 e. The number of H-pyrrole nitrogens is 1. The first-order valence-corrected chi connectivity index (χ1v) is 7.65. The zero-order valence-corrected chi connectivity index (χ0v) is 13.9. The minimum Gasteiger partial charge on any atom is -0.497 e. The predicted molar refractivity (Wildman–Crippen MR) is 95.8 cm³/mol. The van der Waals surface area contributed by atoms with Crippen LogP contribution >= 0.6 is 0 Å². The molecule has 3 rings (SSSR count). The van der Waals surface area contributed by atoms with E-state index in [4.69, 9.17) is 4.74 Å². The molecule has 1 heterocycles. The molecule has 0 unspecified atom stereocenters. The summed E-state index contributed by atoms with van der Waals surface area (Å²) in [7, 11) is 1.62. The van der Waals surface area contributed by atoms with E-state index in [1.165, 1.54) is 0 Å². The second-order valence-corrected chi connectivity index (χ2v) is 5.61. The Morgan fingerprint density at radius 1 is 1.17 bits per heavy atom. The summed E-state index contributed by atoms with van der Waals surface area (Å²) < 4.78 is 5.10. The van der Waals surface area contributed by atoms with Gasteiger partial charge in [-0.15, -0.1) is 0 Å². The second kappa shape index (κ2) is 6.58. The third kappa shape index (κ3) is 3.15. The lowest BCUT2D eigenvalue weighted by Gasteiger charge is -2.01. The van der Waals surface area contributed by atoms with E-state index in [-0.39, 0.29) is 5.91 Å². The molecule has 1 amide bonds. The number of rotatable bonds is 4. The van der Waals surface area contributed by atoms with Gasteiger partial charge in [-0.1, -0.05) is 0 Å². The van der Waals surface area contributed by atoms with Gasteiger partial charge in [-0.25, -0.2) is 5.43 Å². The van der Waals surface area contributed by atoms with Crippen LogP contribution in [0.1, 0.15) is 27.2 Å². The lowest BCUT2D eigenvalue weighted by atomic mass is 10.1. The van der Waals surface area contributed by atoms with Crippen molar-refractivity contribution < 1.29 is 9.53 Å². The second-order valence-electron chi connectivity index (χ2n) is 5.61. The van der Waals surface area contributed by atoms with Crippen molar-refractivity contribution in [1.29, 1.82) is 0 Å². The van der Waals surface area contributed by atoms with Crippen molar-refractivity contribution in [1.82, 2.24) is 10.4 Å². The molecular formula is C19H19N3O2. The van der Waals surface area contributed by atoms with Crippen molar-refractivity contribution >= 4 is 23.0 Å². The highest BCUT2D eigenvalue weighted by atomic mass is 16.5. The standard InChI is InChI=1S/C19H19N3O2/c1-12-13(2)21-18-9-6-15(10-17(12)18)19(23)22-20-11-14-4-7-16(24-3)8-5-14/h4-11,21H,1-3H3,(H,22,23)/b20-11-. The Labute approximate surface area is 140 Å². The van der Waals surface area contributed by atoms with Crippen molar-refractivity contribution in [2.45, 2.75) is 13.8 Å². The van der Waals surface area contributed by atoms with Gasteiger partial charge in [-0.3, -0.25) is 4.79 Å². The summed E-state index contributed by atoms with van der Waals surface area (Å²) in [5.41, 5.74) is 7.31. The Hall–Kier alpha value is -3.08. The number of benzene rings is 2. The number of nitrogens with zero attached hydrogens (tertiary/aromatic N) is 1. The number of hydrogen-bond acceptors (Lipinski definition) is 3. The number of aryl methyl sites for hydroxylation is 2. The number of hydrazone groups is 1. The van der Waals surface area contributed by atoms with Crippen LogP contribution in [-0.4, -0.2) is 24.2 Å². The average molecular weight is 321 g/mol. The monoisotopic (exact) mass is 321 g/mol.